The van der Waals surface area contributed by atoms with Crippen molar-refractivity contribution in [3.8, 4) is 0 Å². The Morgan fingerprint density at radius 2 is 2.35 bits per heavy atom. The topological polar surface area (TPSA) is 49.0 Å². The van der Waals surface area contributed by atoms with Crippen molar-refractivity contribution < 1.29 is 4.79 Å². The molecule has 106 valence electrons. The Bertz CT molecular complexity index is 577. The molecule has 0 bridgehead atoms. The van der Waals surface area contributed by atoms with Gasteiger partial charge < -0.3 is 9.88 Å². The highest BCUT2D eigenvalue weighted by Gasteiger charge is 2.21. The number of imidazole rings is 1. The Labute approximate surface area is 123 Å². The minimum Gasteiger partial charge on any atom is -0.342 e. The van der Waals surface area contributed by atoms with Crippen LogP contribution in [0.15, 0.2) is 29.4 Å². The number of H-pyrrole nitrogens is 1. The monoisotopic (exact) mass is 289 g/mol. The molecule has 4 nitrogen and oxygen atoms in total. The highest BCUT2D eigenvalue weighted by atomic mass is 32.2. The molecule has 5 heteroatoms. The number of carbonyl (C=O) groups is 1. The molecule has 2 heterocycles. The molecular weight excluding hydrogens is 270 g/mol. The van der Waals surface area contributed by atoms with Crippen molar-refractivity contribution in [2.75, 3.05) is 18.8 Å². The summed E-state index contributed by atoms with van der Waals surface area (Å²) in [7, 11) is 0. The van der Waals surface area contributed by atoms with Crippen LogP contribution in [0, 0.1) is 5.92 Å². The van der Waals surface area contributed by atoms with Crippen molar-refractivity contribution in [3.05, 3.63) is 24.3 Å². The second kappa shape index (κ2) is 5.87. The summed E-state index contributed by atoms with van der Waals surface area (Å²) in [4.78, 5) is 21.9. The van der Waals surface area contributed by atoms with Crippen LogP contribution in [0.4, 0.5) is 0 Å². The van der Waals surface area contributed by atoms with E-state index < -0.39 is 0 Å². The van der Waals surface area contributed by atoms with Crippen LogP contribution in [0.1, 0.15) is 19.8 Å². The number of aromatic nitrogens is 2. The molecule has 1 aliphatic heterocycles. The molecular formula is C15H19N3OS. The van der Waals surface area contributed by atoms with Gasteiger partial charge in [0.2, 0.25) is 5.91 Å². The Kier molecular flexibility index (Phi) is 3.96. The SMILES string of the molecule is C[C@@H]1CCCN(C(=O)CSc2nc3ccccc3[nH]2)C1. The predicted molar refractivity (Wildman–Crippen MR) is 81.8 cm³/mol. The number of piperidine rings is 1. The molecule has 0 aliphatic carbocycles. The Balaban J connectivity index is 1.59. The first-order valence-electron chi connectivity index (χ1n) is 7.07. The third-order valence-corrected chi connectivity index (χ3v) is 4.57. The maximum absolute atomic E-state index is 12.2. The van der Waals surface area contributed by atoms with Crippen LogP contribution < -0.4 is 0 Å². The Morgan fingerprint density at radius 1 is 1.50 bits per heavy atom. The van der Waals surface area contributed by atoms with Gasteiger partial charge in [-0.15, -0.1) is 0 Å². The molecule has 0 unspecified atom stereocenters. The van der Waals surface area contributed by atoms with Crippen molar-refractivity contribution in [2.45, 2.75) is 24.9 Å². The summed E-state index contributed by atoms with van der Waals surface area (Å²) < 4.78 is 0. The second-order valence-corrected chi connectivity index (χ2v) is 6.40. The van der Waals surface area contributed by atoms with Crippen molar-refractivity contribution in [1.82, 2.24) is 14.9 Å². The zero-order valence-corrected chi connectivity index (χ0v) is 12.4. The van der Waals surface area contributed by atoms with Crippen LogP contribution in [-0.2, 0) is 4.79 Å². The zero-order chi connectivity index (χ0) is 13.9. The van der Waals surface area contributed by atoms with E-state index in [0.29, 0.717) is 11.7 Å². The maximum atomic E-state index is 12.2. The normalized spacial score (nSPS) is 19.4. The molecule has 3 rings (SSSR count). The molecule has 1 N–H and O–H groups in total. The number of benzene rings is 1. The molecule has 1 aromatic heterocycles. The molecule has 1 atom stereocenters. The average molecular weight is 289 g/mol. The fraction of sp³-hybridized carbons (Fsp3) is 0.467. The van der Waals surface area contributed by atoms with Gasteiger partial charge in [-0.3, -0.25) is 4.79 Å². The first kappa shape index (κ1) is 13.5. The third-order valence-electron chi connectivity index (χ3n) is 3.71. The average Bonchev–Trinajstić information content (AvgIpc) is 2.87. The number of hydrogen-bond donors (Lipinski definition) is 1. The van der Waals surface area contributed by atoms with Gasteiger partial charge >= 0.3 is 0 Å². The lowest BCUT2D eigenvalue weighted by atomic mass is 10.0. The summed E-state index contributed by atoms with van der Waals surface area (Å²) in [5.74, 6) is 1.32. The lowest BCUT2D eigenvalue weighted by Gasteiger charge is -2.30. The number of amides is 1. The molecule has 1 aromatic carbocycles. The fourth-order valence-electron chi connectivity index (χ4n) is 2.64. The van der Waals surface area contributed by atoms with Gasteiger partial charge in [0.25, 0.3) is 0 Å². The summed E-state index contributed by atoms with van der Waals surface area (Å²) in [6.07, 6.45) is 2.36. The fourth-order valence-corrected chi connectivity index (χ4v) is 3.42. The summed E-state index contributed by atoms with van der Waals surface area (Å²) in [5.41, 5.74) is 1.98. The molecule has 1 amide bonds. The van der Waals surface area contributed by atoms with Crippen LogP contribution >= 0.6 is 11.8 Å². The smallest absolute Gasteiger partial charge is 0.233 e. The van der Waals surface area contributed by atoms with E-state index in [0.717, 1.165) is 35.7 Å². The van der Waals surface area contributed by atoms with E-state index in [2.05, 4.69) is 16.9 Å². The zero-order valence-electron chi connectivity index (χ0n) is 11.6. The summed E-state index contributed by atoms with van der Waals surface area (Å²) in [6.45, 7) is 4.02. The van der Waals surface area contributed by atoms with E-state index in [1.54, 1.807) is 0 Å². The van der Waals surface area contributed by atoms with Gasteiger partial charge in [-0.25, -0.2) is 4.98 Å². The lowest BCUT2D eigenvalue weighted by Crippen LogP contribution is -2.40. The number of thioether (sulfide) groups is 1. The van der Waals surface area contributed by atoms with Crippen molar-refractivity contribution in [3.63, 3.8) is 0 Å². The number of hydrogen-bond acceptors (Lipinski definition) is 3. The highest BCUT2D eigenvalue weighted by Crippen LogP contribution is 2.21. The van der Waals surface area contributed by atoms with Gasteiger partial charge in [-0.2, -0.15) is 0 Å². The van der Waals surface area contributed by atoms with Gasteiger partial charge in [0, 0.05) is 13.1 Å². The minimum atomic E-state index is 0.224. The van der Waals surface area contributed by atoms with Crippen molar-refractivity contribution in [1.29, 1.82) is 0 Å². The van der Waals surface area contributed by atoms with E-state index in [4.69, 9.17) is 0 Å². The molecule has 0 spiro atoms. The summed E-state index contributed by atoms with van der Waals surface area (Å²) in [5, 5.41) is 0.824. The van der Waals surface area contributed by atoms with Crippen molar-refractivity contribution in [2.24, 2.45) is 5.92 Å². The van der Waals surface area contributed by atoms with E-state index >= 15 is 0 Å². The standard InChI is InChI=1S/C15H19N3OS/c1-11-5-4-8-18(9-11)14(19)10-20-15-16-12-6-2-3-7-13(12)17-15/h2-3,6-7,11H,4-5,8-10H2,1H3,(H,16,17)/t11-/m1/s1. The minimum absolute atomic E-state index is 0.224. The summed E-state index contributed by atoms with van der Waals surface area (Å²) >= 11 is 1.49. The quantitative estimate of drug-likeness (QED) is 0.884. The molecule has 0 radical (unpaired) electrons. The van der Waals surface area contributed by atoms with Crippen LogP contribution in [-0.4, -0.2) is 39.6 Å². The number of likely N-dealkylation sites (tertiary alicyclic amines) is 1. The number of nitrogens with zero attached hydrogens (tertiary/aromatic N) is 2. The van der Waals surface area contributed by atoms with Crippen LogP contribution in [0.5, 0.6) is 0 Å². The van der Waals surface area contributed by atoms with E-state index in [1.807, 2.05) is 29.2 Å². The molecule has 1 aliphatic rings. The maximum Gasteiger partial charge on any atom is 0.233 e. The van der Waals surface area contributed by atoms with E-state index in [9.17, 15) is 4.79 Å². The molecule has 1 saturated heterocycles. The van der Waals surface area contributed by atoms with Gasteiger partial charge in [-0.1, -0.05) is 30.8 Å². The summed E-state index contributed by atoms with van der Waals surface area (Å²) in [6, 6.07) is 7.93. The number of aromatic amines is 1. The number of rotatable bonds is 3. The first-order chi connectivity index (χ1) is 9.72. The third kappa shape index (κ3) is 2.98. The molecule has 0 saturated carbocycles. The van der Waals surface area contributed by atoms with Gasteiger partial charge in [-0.05, 0) is 30.9 Å². The number of fused-ring (bicyclic) bond motifs is 1. The Morgan fingerprint density at radius 3 is 3.15 bits per heavy atom. The Hall–Kier alpha value is -1.49. The molecule has 20 heavy (non-hydrogen) atoms. The van der Waals surface area contributed by atoms with Gasteiger partial charge in [0.1, 0.15) is 0 Å². The van der Waals surface area contributed by atoms with Crippen molar-refractivity contribution >= 4 is 28.7 Å². The molecule has 1 fully saturated rings. The van der Waals surface area contributed by atoms with Crippen LogP contribution in [0.3, 0.4) is 0 Å². The predicted octanol–water partition coefficient (Wildman–Crippen LogP) is 2.91. The number of nitrogens with one attached hydrogen (secondary N) is 1. The van der Waals surface area contributed by atoms with Crippen LogP contribution in [0.2, 0.25) is 0 Å². The number of carbonyl (C=O) groups excluding carboxylic acids is 1. The van der Waals surface area contributed by atoms with Gasteiger partial charge in [0.05, 0.1) is 16.8 Å². The second-order valence-electron chi connectivity index (χ2n) is 5.43. The van der Waals surface area contributed by atoms with Crippen LogP contribution in [0.25, 0.3) is 11.0 Å². The molecule has 2 aromatic rings. The highest BCUT2D eigenvalue weighted by molar-refractivity contribution is 7.99. The van der Waals surface area contributed by atoms with E-state index in [1.165, 1.54) is 18.2 Å². The first-order valence-corrected chi connectivity index (χ1v) is 8.06. The lowest BCUT2D eigenvalue weighted by molar-refractivity contribution is -0.130. The van der Waals surface area contributed by atoms with E-state index in [-0.39, 0.29) is 5.91 Å². The largest absolute Gasteiger partial charge is 0.342 e. The van der Waals surface area contributed by atoms with Gasteiger partial charge in [0.15, 0.2) is 5.16 Å². The number of para-hydroxylation sites is 2.